The zero-order valence-corrected chi connectivity index (χ0v) is 66.8. The Bertz CT molecular complexity index is 2180. The first kappa shape index (κ1) is 66.8. The monoisotopic (exact) mass is 1450 g/mol. The number of benzene rings is 1. The molecule has 2 aromatic heterocycles. The van der Waals surface area contributed by atoms with Crippen molar-refractivity contribution in [2.75, 3.05) is 50.6 Å². The van der Waals surface area contributed by atoms with E-state index in [2.05, 4.69) is 139 Å². The average Bonchev–Trinajstić information content (AvgIpc) is 3.67. The van der Waals surface area contributed by atoms with Crippen LogP contribution < -0.4 is 4.90 Å². The number of carbonyl (C=O) groups excluding carboxylic acids is 1. The van der Waals surface area contributed by atoms with Crippen LogP contribution in [-0.2, 0) is 38.1 Å². The summed E-state index contributed by atoms with van der Waals surface area (Å²) in [5.74, 6) is 0.741. The standard InChI is InChI=1S/C28H35N5O5S.H30P28/c1-19-6-7-20(18-39(2,35)36)22(15-19)28(34)32-9-4-3-5-25(32)23-16-26-29-24-17-38-12-8-21(24)27(33(26)30-23)31-10-13-37-14-11-31;1-16(2)23(15)27(24(17(3)4)18(5)6)28(25(19(7)8)20(9)10)26(21(11)12)22(13)14/h6-7,15-16,25H,3-5,8-14,17-18H2,1-2H3;1-15H2. The number of anilines is 1. The Hall–Kier alpha value is 9.02. The van der Waals surface area contributed by atoms with Crippen molar-refractivity contribution in [1.29, 1.82) is 0 Å². The molecule has 0 bridgehead atoms. The van der Waals surface area contributed by atoms with Gasteiger partial charge in [-0.3, -0.25) is 4.79 Å². The van der Waals surface area contributed by atoms with E-state index in [0.717, 1.165) is 67.2 Å². The van der Waals surface area contributed by atoms with Crippen LogP contribution >= 0.6 is 225 Å². The Morgan fingerprint density at radius 2 is 1.28 bits per heavy atom. The highest BCUT2D eigenvalue weighted by atomic mass is 33.5. The van der Waals surface area contributed by atoms with Gasteiger partial charge in [-0.2, -0.15) is 9.61 Å². The predicted molar refractivity (Wildman–Crippen MR) is 382 cm³/mol. The second-order valence-electron chi connectivity index (χ2n) is 15.2. The minimum atomic E-state index is -3.30. The molecule has 378 valence electrons. The maximum absolute atomic E-state index is 14.0. The summed E-state index contributed by atoms with van der Waals surface area (Å²) >= 11 is 0. The van der Waals surface area contributed by atoms with E-state index >= 15 is 0 Å². The first-order chi connectivity index (χ1) is 31.4. The molecule has 6 rings (SSSR count). The Kier molecular flexibility index (Phi) is 32.1. The van der Waals surface area contributed by atoms with E-state index in [4.69, 9.17) is 19.6 Å². The van der Waals surface area contributed by atoms with Crippen LogP contribution in [0.5, 0.6) is 0 Å². The van der Waals surface area contributed by atoms with E-state index in [1.54, 1.807) is 6.07 Å². The zero-order chi connectivity index (χ0) is 49.7. The molecule has 67 heavy (non-hydrogen) atoms. The van der Waals surface area contributed by atoms with Crippen LogP contribution in [0.15, 0.2) is 24.3 Å². The van der Waals surface area contributed by atoms with E-state index in [1.165, 1.54) is 11.8 Å². The van der Waals surface area contributed by atoms with Crippen LogP contribution in [0.1, 0.15) is 63.7 Å². The van der Waals surface area contributed by atoms with Crippen LogP contribution in [0.2, 0.25) is 0 Å². The van der Waals surface area contributed by atoms with Gasteiger partial charge in [-0.15, -0.1) is 134 Å². The molecule has 0 saturated carbocycles. The molecule has 0 radical (unpaired) electrons. The Labute approximate surface area is 449 Å². The number of nitrogens with zero attached hydrogens (tertiary/aromatic N) is 5. The molecule has 10 nitrogen and oxygen atoms in total. The van der Waals surface area contributed by atoms with Crippen molar-refractivity contribution in [2.24, 2.45) is 0 Å². The van der Waals surface area contributed by atoms with Gasteiger partial charge in [0, 0.05) is 49.5 Å². The number of piperidine rings is 1. The fourth-order valence-electron chi connectivity index (χ4n) is 7.46. The van der Waals surface area contributed by atoms with Crippen LogP contribution in [0.4, 0.5) is 5.82 Å². The molecule has 0 N–H and O–H groups in total. The van der Waals surface area contributed by atoms with Gasteiger partial charge in [0.15, 0.2) is 15.5 Å². The number of rotatable bonds is 17. The van der Waals surface area contributed by atoms with Gasteiger partial charge in [-0.05, 0) is 129 Å². The van der Waals surface area contributed by atoms with Crippen molar-refractivity contribution in [3.05, 3.63) is 57.9 Å². The number of ether oxygens (including phenoxy) is 2. The topological polar surface area (TPSA) is 106 Å². The van der Waals surface area contributed by atoms with Gasteiger partial charge < -0.3 is 19.3 Å². The summed E-state index contributed by atoms with van der Waals surface area (Å²) in [7, 11) is 45.7. The van der Waals surface area contributed by atoms with E-state index in [9.17, 15) is 13.2 Å². The average molecular weight is 1450 g/mol. The van der Waals surface area contributed by atoms with E-state index < -0.39 is 9.84 Å². The van der Waals surface area contributed by atoms with E-state index in [0.29, 0.717) is 44.1 Å². The molecular formula is C28H65N5O5P28S. The third kappa shape index (κ3) is 19.0. The first-order valence-electron chi connectivity index (χ1n) is 20.0. The van der Waals surface area contributed by atoms with E-state index in [-0.39, 0.29) is 109 Å². The summed E-state index contributed by atoms with van der Waals surface area (Å²) in [4.78, 5) is 23.2. The molecule has 3 aliphatic heterocycles. The molecular weight excluding hydrogens is 1390 g/mol. The number of amides is 1. The summed E-state index contributed by atoms with van der Waals surface area (Å²) in [6.45, 7) is 6.54. The fourth-order valence-corrected chi connectivity index (χ4v) is 360. The number of morpholine rings is 1. The molecule has 3 aliphatic rings. The second kappa shape index (κ2) is 32.2. The highest BCUT2D eigenvalue weighted by Gasteiger charge is 2.49. The third-order valence-electron chi connectivity index (χ3n) is 10.1. The number of carbonyl (C=O) groups is 1. The molecule has 1 aromatic carbocycles. The molecule has 5 heterocycles. The minimum Gasteiger partial charge on any atom is -0.378 e. The number of aromatic nitrogens is 3. The summed E-state index contributed by atoms with van der Waals surface area (Å²) < 4.78 is 37.6. The maximum Gasteiger partial charge on any atom is 0.254 e. The molecule has 39 heteroatoms. The van der Waals surface area contributed by atoms with Gasteiger partial charge >= 0.3 is 0 Å². The zero-order valence-electron chi connectivity index (χ0n) is 37.0. The predicted octanol–water partition coefficient (Wildman–Crippen LogP) is 18.9. The fraction of sp³-hybridized carbons (Fsp3) is 0.536. The number of aryl methyl sites for hydroxylation is 1. The van der Waals surface area contributed by atoms with Gasteiger partial charge in [0.2, 0.25) is 0 Å². The second-order valence-corrected chi connectivity index (χ2v) is 130. The SMILES string of the molecule is Cc1ccc(CS(C)(=O)=O)c(C(=O)N2CCCCC2c2cc3nc4c(c(N5CCOCC5)n3n2)CCOC4)c1.PP(P)P(P)P(P(P(P)P)P(P)P)P(P(P(P)P)P(P)P)P(P(P)P)P(P)P. The Morgan fingerprint density at radius 1 is 0.716 bits per heavy atom. The Morgan fingerprint density at radius 3 is 1.82 bits per heavy atom. The van der Waals surface area contributed by atoms with Crippen LogP contribution in [-0.4, -0.2) is 79.5 Å². The van der Waals surface area contributed by atoms with Crippen LogP contribution in [0.3, 0.4) is 0 Å². The lowest BCUT2D eigenvalue weighted by atomic mass is 9.96. The normalized spacial score (nSPS) is 18.5. The van der Waals surface area contributed by atoms with Gasteiger partial charge in [-0.1, -0.05) is 17.7 Å². The summed E-state index contributed by atoms with van der Waals surface area (Å²) in [6.07, 6.45) is 4.65. The number of likely N-dealkylation sites (tertiary alicyclic amines) is 1. The minimum absolute atomic E-state index is 0.00189. The molecule has 2 fully saturated rings. The highest BCUT2D eigenvalue weighted by molar-refractivity contribution is 9.42. The molecule has 18 unspecified atom stereocenters. The number of sulfone groups is 1. The Balaban J connectivity index is 0.000000268. The van der Waals surface area contributed by atoms with Crippen molar-refractivity contribution in [3.8, 4) is 0 Å². The highest BCUT2D eigenvalue weighted by Crippen LogP contribution is 3.37. The molecule has 0 aliphatic carbocycles. The number of hydrogen-bond acceptors (Lipinski definition) is 8. The quantitative estimate of drug-likeness (QED) is 0.123. The van der Waals surface area contributed by atoms with Crippen molar-refractivity contribution in [3.63, 3.8) is 0 Å². The van der Waals surface area contributed by atoms with Crippen LogP contribution in [0.25, 0.3) is 5.65 Å². The van der Waals surface area contributed by atoms with Gasteiger partial charge in [0.25, 0.3) is 5.91 Å². The molecule has 18 atom stereocenters. The molecule has 3 aromatic rings. The van der Waals surface area contributed by atoms with Gasteiger partial charge in [0.1, 0.15) is 5.82 Å². The van der Waals surface area contributed by atoms with Gasteiger partial charge in [-0.25, -0.2) is 13.4 Å². The largest absolute Gasteiger partial charge is 0.378 e. The third-order valence-corrected chi connectivity index (χ3v) is 195. The lowest BCUT2D eigenvalue weighted by Crippen LogP contribution is -2.39. The number of hydrogen-bond donors (Lipinski definition) is 0. The van der Waals surface area contributed by atoms with Crippen molar-refractivity contribution in [1.82, 2.24) is 19.5 Å². The summed E-state index contributed by atoms with van der Waals surface area (Å²) in [5, 5.41) is 5.09. The van der Waals surface area contributed by atoms with Gasteiger partial charge in [0.05, 0.1) is 49.6 Å². The molecule has 1 amide bonds. The van der Waals surface area contributed by atoms with Crippen LogP contribution in [0, 0.1) is 6.92 Å². The summed E-state index contributed by atoms with van der Waals surface area (Å²) in [6, 6.07) is 7.22. The summed E-state index contributed by atoms with van der Waals surface area (Å²) in [5.41, 5.74) is 5.60. The smallest absolute Gasteiger partial charge is 0.254 e. The van der Waals surface area contributed by atoms with E-state index in [1.807, 2.05) is 34.5 Å². The lowest BCUT2D eigenvalue weighted by molar-refractivity contribution is 0.0604. The lowest BCUT2D eigenvalue weighted by Gasteiger charge is -2.51. The van der Waals surface area contributed by atoms with Crippen molar-refractivity contribution in [2.45, 2.75) is 51.0 Å². The molecule has 0 spiro atoms. The molecule has 2 saturated heterocycles. The number of fused-ring (bicyclic) bond motifs is 2. The first-order valence-corrected chi connectivity index (χ1v) is 72.2. The van der Waals surface area contributed by atoms with Crippen molar-refractivity contribution >= 4 is 252 Å². The van der Waals surface area contributed by atoms with Crippen molar-refractivity contribution < 1.29 is 22.7 Å². The maximum atomic E-state index is 14.0.